The lowest BCUT2D eigenvalue weighted by atomic mass is 10.0. The standard InChI is InChI=1S/C15H19ClN4O2/c1-20(12-4-6-17-7-5-12)9-11-8-10(2-3-13(11)16)14-18-19-15(21)22-14/h2-3,8,12,17H,4-7,9H2,1H3,(H,19,21). The first-order valence-electron chi connectivity index (χ1n) is 7.39. The molecule has 1 aliphatic heterocycles. The molecule has 0 saturated carbocycles. The zero-order valence-corrected chi connectivity index (χ0v) is 13.2. The minimum atomic E-state index is -0.557. The monoisotopic (exact) mass is 322 g/mol. The number of benzene rings is 1. The largest absolute Gasteiger partial charge is 0.434 e. The van der Waals surface area contributed by atoms with Crippen LogP contribution in [0.15, 0.2) is 27.4 Å². The Kier molecular flexibility index (Phi) is 4.61. The molecule has 22 heavy (non-hydrogen) atoms. The van der Waals surface area contributed by atoms with Crippen molar-refractivity contribution in [3.05, 3.63) is 39.3 Å². The molecule has 1 aromatic heterocycles. The molecule has 2 aromatic rings. The van der Waals surface area contributed by atoms with E-state index in [0.29, 0.717) is 11.1 Å². The van der Waals surface area contributed by atoms with Gasteiger partial charge >= 0.3 is 5.76 Å². The number of hydrogen-bond acceptors (Lipinski definition) is 5. The predicted molar refractivity (Wildman–Crippen MR) is 84.9 cm³/mol. The van der Waals surface area contributed by atoms with Crippen molar-refractivity contribution in [1.82, 2.24) is 20.4 Å². The number of aromatic amines is 1. The highest BCUT2D eigenvalue weighted by molar-refractivity contribution is 6.31. The van der Waals surface area contributed by atoms with Gasteiger partial charge in [-0.05, 0) is 56.7 Å². The van der Waals surface area contributed by atoms with Crippen molar-refractivity contribution >= 4 is 11.6 Å². The van der Waals surface area contributed by atoms with Crippen LogP contribution in [0.3, 0.4) is 0 Å². The van der Waals surface area contributed by atoms with Gasteiger partial charge in [0, 0.05) is 23.2 Å². The number of nitrogens with one attached hydrogen (secondary N) is 2. The van der Waals surface area contributed by atoms with Gasteiger partial charge in [0.05, 0.1) is 0 Å². The van der Waals surface area contributed by atoms with Crippen molar-refractivity contribution in [3.63, 3.8) is 0 Å². The van der Waals surface area contributed by atoms with Crippen molar-refractivity contribution in [3.8, 4) is 11.5 Å². The van der Waals surface area contributed by atoms with E-state index >= 15 is 0 Å². The highest BCUT2D eigenvalue weighted by Crippen LogP contribution is 2.25. The van der Waals surface area contributed by atoms with Crippen LogP contribution in [0.1, 0.15) is 18.4 Å². The molecular formula is C15H19ClN4O2. The maximum atomic E-state index is 11.1. The zero-order valence-electron chi connectivity index (χ0n) is 12.4. The summed E-state index contributed by atoms with van der Waals surface area (Å²) in [5.41, 5.74) is 1.75. The second kappa shape index (κ2) is 6.64. The molecule has 3 rings (SSSR count). The Labute approximate surface area is 133 Å². The fourth-order valence-corrected chi connectivity index (χ4v) is 3.00. The Bertz CT molecular complexity index is 691. The van der Waals surface area contributed by atoms with Crippen molar-refractivity contribution in [2.24, 2.45) is 0 Å². The summed E-state index contributed by atoms with van der Waals surface area (Å²) in [6, 6.07) is 6.11. The molecule has 0 radical (unpaired) electrons. The van der Waals surface area contributed by atoms with E-state index in [-0.39, 0.29) is 5.89 Å². The minimum absolute atomic E-state index is 0.285. The van der Waals surface area contributed by atoms with E-state index in [1.807, 2.05) is 12.1 Å². The molecule has 2 N–H and O–H groups in total. The van der Waals surface area contributed by atoms with Gasteiger partial charge in [0.25, 0.3) is 0 Å². The van der Waals surface area contributed by atoms with Gasteiger partial charge in [-0.25, -0.2) is 9.89 Å². The molecule has 118 valence electrons. The van der Waals surface area contributed by atoms with Crippen molar-refractivity contribution in [1.29, 1.82) is 0 Å². The highest BCUT2D eigenvalue weighted by atomic mass is 35.5. The molecule has 0 spiro atoms. The lowest BCUT2D eigenvalue weighted by molar-refractivity contribution is 0.192. The smallest absolute Gasteiger partial charge is 0.388 e. The predicted octanol–water partition coefficient (Wildman–Crippen LogP) is 1.87. The fourth-order valence-electron chi connectivity index (χ4n) is 2.83. The SMILES string of the molecule is CN(Cc1cc(-c2n[nH]c(=O)o2)ccc1Cl)C1CCNCC1. The summed E-state index contributed by atoms with van der Waals surface area (Å²) in [6.07, 6.45) is 2.28. The van der Waals surface area contributed by atoms with Crippen LogP contribution in [-0.2, 0) is 6.54 Å². The van der Waals surface area contributed by atoms with E-state index < -0.39 is 5.76 Å². The summed E-state index contributed by atoms with van der Waals surface area (Å²) >= 11 is 6.31. The van der Waals surface area contributed by atoms with Crippen LogP contribution in [0.25, 0.3) is 11.5 Å². The van der Waals surface area contributed by atoms with Crippen LogP contribution in [0.5, 0.6) is 0 Å². The summed E-state index contributed by atoms with van der Waals surface area (Å²) in [4.78, 5) is 13.4. The number of halogens is 1. The van der Waals surface area contributed by atoms with E-state index in [0.717, 1.165) is 43.6 Å². The average molecular weight is 323 g/mol. The van der Waals surface area contributed by atoms with E-state index in [2.05, 4.69) is 27.5 Å². The fraction of sp³-hybridized carbons (Fsp3) is 0.467. The van der Waals surface area contributed by atoms with Crippen LogP contribution in [0.4, 0.5) is 0 Å². The normalized spacial score (nSPS) is 16.3. The first kappa shape index (κ1) is 15.3. The Hall–Kier alpha value is -1.63. The summed E-state index contributed by atoms with van der Waals surface area (Å²) in [6.45, 7) is 2.87. The molecular weight excluding hydrogens is 304 g/mol. The van der Waals surface area contributed by atoms with E-state index in [1.165, 1.54) is 0 Å². The highest BCUT2D eigenvalue weighted by Gasteiger charge is 2.19. The van der Waals surface area contributed by atoms with Gasteiger partial charge in [0.15, 0.2) is 0 Å². The lowest BCUT2D eigenvalue weighted by Crippen LogP contribution is -2.40. The number of rotatable bonds is 4. The van der Waals surface area contributed by atoms with Gasteiger partial charge in [-0.3, -0.25) is 4.90 Å². The molecule has 0 amide bonds. The van der Waals surface area contributed by atoms with Crippen molar-refractivity contribution in [2.45, 2.75) is 25.4 Å². The molecule has 6 nitrogen and oxygen atoms in total. The van der Waals surface area contributed by atoms with Gasteiger partial charge < -0.3 is 9.73 Å². The minimum Gasteiger partial charge on any atom is -0.388 e. The van der Waals surface area contributed by atoms with Gasteiger partial charge in [0.1, 0.15) is 0 Å². The Morgan fingerprint density at radius 2 is 2.18 bits per heavy atom. The van der Waals surface area contributed by atoms with Crippen LogP contribution < -0.4 is 11.1 Å². The van der Waals surface area contributed by atoms with Crippen LogP contribution >= 0.6 is 11.6 Å². The number of H-pyrrole nitrogens is 1. The van der Waals surface area contributed by atoms with Crippen molar-refractivity contribution < 1.29 is 4.42 Å². The Morgan fingerprint density at radius 1 is 1.41 bits per heavy atom. The number of nitrogens with zero attached hydrogens (tertiary/aromatic N) is 2. The number of aromatic nitrogens is 2. The maximum Gasteiger partial charge on any atom is 0.434 e. The maximum absolute atomic E-state index is 11.1. The van der Waals surface area contributed by atoms with Gasteiger partial charge in [-0.15, -0.1) is 5.10 Å². The molecule has 1 aromatic carbocycles. The van der Waals surface area contributed by atoms with E-state index in [1.54, 1.807) is 6.07 Å². The molecule has 0 atom stereocenters. The second-order valence-electron chi connectivity index (χ2n) is 5.62. The van der Waals surface area contributed by atoms with E-state index in [9.17, 15) is 4.79 Å². The molecule has 1 fully saturated rings. The molecule has 0 bridgehead atoms. The van der Waals surface area contributed by atoms with Crippen molar-refractivity contribution in [2.75, 3.05) is 20.1 Å². The zero-order chi connectivity index (χ0) is 15.5. The average Bonchev–Trinajstić information content (AvgIpc) is 2.97. The summed E-state index contributed by atoms with van der Waals surface area (Å²) in [5.74, 6) is -0.272. The van der Waals surface area contributed by atoms with Gasteiger partial charge in [-0.1, -0.05) is 11.6 Å². The molecule has 2 heterocycles. The quantitative estimate of drug-likeness (QED) is 0.899. The Morgan fingerprint density at radius 3 is 2.86 bits per heavy atom. The summed E-state index contributed by atoms with van der Waals surface area (Å²) < 4.78 is 5.00. The van der Waals surface area contributed by atoms with Crippen LogP contribution in [0, 0.1) is 0 Å². The first-order chi connectivity index (χ1) is 10.6. The lowest BCUT2D eigenvalue weighted by Gasteiger charge is -2.31. The second-order valence-corrected chi connectivity index (χ2v) is 6.03. The summed E-state index contributed by atoms with van der Waals surface area (Å²) in [7, 11) is 2.12. The molecule has 7 heteroatoms. The third kappa shape index (κ3) is 3.40. The summed E-state index contributed by atoms with van der Waals surface area (Å²) in [5, 5.41) is 10.2. The topological polar surface area (TPSA) is 74.2 Å². The molecule has 0 unspecified atom stereocenters. The third-order valence-corrected chi connectivity index (χ3v) is 4.45. The Balaban J connectivity index is 1.79. The third-order valence-electron chi connectivity index (χ3n) is 4.08. The van der Waals surface area contributed by atoms with Gasteiger partial charge in [0.2, 0.25) is 5.89 Å². The van der Waals surface area contributed by atoms with Gasteiger partial charge in [-0.2, -0.15) is 0 Å². The number of piperidine rings is 1. The first-order valence-corrected chi connectivity index (χ1v) is 7.76. The number of hydrogen-bond donors (Lipinski definition) is 2. The van der Waals surface area contributed by atoms with E-state index in [4.69, 9.17) is 16.0 Å². The van der Waals surface area contributed by atoms with Crippen LogP contribution in [0.2, 0.25) is 5.02 Å². The van der Waals surface area contributed by atoms with Crippen LogP contribution in [-0.4, -0.2) is 41.3 Å². The molecule has 1 saturated heterocycles. The molecule has 0 aliphatic carbocycles. The molecule has 1 aliphatic rings.